The summed E-state index contributed by atoms with van der Waals surface area (Å²) in [5.74, 6) is 1.27. The van der Waals surface area contributed by atoms with Crippen molar-refractivity contribution in [3.05, 3.63) is 29.8 Å². The number of carbonyl (C=O) groups is 1. The van der Waals surface area contributed by atoms with Gasteiger partial charge in [0.15, 0.2) is 0 Å². The van der Waals surface area contributed by atoms with Crippen LogP contribution in [0.15, 0.2) is 24.3 Å². The molecule has 19 heavy (non-hydrogen) atoms. The smallest absolute Gasteiger partial charge is 0.409 e. The van der Waals surface area contributed by atoms with Gasteiger partial charge >= 0.3 is 6.09 Å². The molecule has 1 aliphatic rings. The van der Waals surface area contributed by atoms with Crippen LogP contribution in [0.3, 0.4) is 0 Å². The highest BCUT2D eigenvalue weighted by molar-refractivity contribution is 5.67. The molecule has 1 atom stereocenters. The SMILES string of the molecule is COC(=O)N1CCCC(COc2ccc(C)cc2)C1. The Balaban J connectivity index is 1.82. The Morgan fingerprint density at radius 1 is 1.37 bits per heavy atom. The minimum Gasteiger partial charge on any atom is -0.493 e. The van der Waals surface area contributed by atoms with Crippen LogP contribution in [0.5, 0.6) is 5.75 Å². The second kappa shape index (κ2) is 6.45. The second-order valence-corrected chi connectivity index (χ2v) is 5.05. The van der Waals surface area contributed by atoms with Crippen LogP contribution in [0, 0.1) is 12.8 Å². The highest BCUT2D eigenvalue weighted by Gasteiger charge is 2.24. The van der Waals surface area contributed by atoms with Crippen LogP contribution in [0.2, 0.25) is 0 Å². The monoisotopic (exact) mass is 263 g/mol. The first-order valence-electron chi connectivity index (χ1n) is 6.71. The summed E-state index contributed by atoms with van der Waals surface area (Å²) >= 11 is 0. The number of rotatable bonds is 3. The van der Waals surface area contributed by atoms with Crippen molar-refractivity contribution in [1.29, 1.82) is 0 Å². The zero-order chi connectivity index (χ0) is 13.7. The predicted molar refractivity (Wildman–Crippen MR) is 73.4 cm³/mol. The number of benzene rings is 1. The molecule has 0 spiro atoms. The van der Waals surface area contributed by atoms with Crippen LogP contribution in [0.25, 0.3) is 0 Å². The number of likely N-dealkylation sites (tertiary alicyclic amines) is 1. The molecule has 0 aliphatic carbocycles. The molecule has 0 bridgehead atoms. The minimum absolute atomic E-state index is 0.236. The van der Waals surface area contributed by atoms with E-state index in [2.05, 4.69) is 6.92 Å². The minimum atomic E-state index is -0.236. The number of methoxy groups -OCH3 is 1. The molecular formula is C15H21NO3. The molecule has 1 aliphatic heterocycles. The fourth-order valence-corrected chi connectivity index (χ4v) is 2.34. The summed E-state index contributed by atoms with van der Waals surface area (Å²) in [5, 5.41) is 0. The molecule has 4 heteroatoms. The van der Waals surface area contributed by atoms with Gasteiger partial charge in [-0.15, -0.1) is 0 Å². The number of piperidine rings is 1. The lowest BCUT2D eigenvalue weighted by Crippen LogP contribution is -2.41. The maximum atomic E-state index is 11.5. The maximum absolute atomic E-state index is 11.5. The summed E-state index contributed by atoms with van der Waals surface area (Å²) in [4.78, 5) is 13.2. The lowest BCUT2D eigenvalue weighted by Gasteiger charge is -2.31. The van der Waals surface area contributed by atoms with Crippen molar-refractivity contribution in [2.45, 2.75) is 19.8 Å². The third-order valence-electron chi connectivity index (χ3n) is 3.46. The van der Waals surface area contributed by atoms with Crippen LogP contribution in [0.1, 0.15) is 18.4 Å². The van der Waals surface area contributed by atoms with Gasteiger partial charge in [0.2, 0.25) is 0 Å². The van der Waals surface area contributed by atoms with Crippen molar-refractivity contribution in [3.8, 4) is 5.75 Å². The highest BCUT2D eigenvalue weighted by Crippen LogP contribution is 2.19. The van der Waals surface area contributed by atoms with E-state index in [0.717, 1.165) is 31.7 Å². The topological polar surface area (TPSA) is 38.8 Å². The molecule has 1 unspecified atom stereocenters. The number of hydrogen-bond donors (Lipinski definition) is 0. The van der Waals surface area contributed by atoms with Crippen molar-refractivity contribution < 1.29 is 14.3 Å². The van der Waals surface area contributed by atoms with E-state index in [-0.39, 0.29) is 6.09 Å². The number of hydrogen-bond acceptors (Lipinski definition) is 3. The van der Waals surface area contributed by atoms with Crippen LogP contribution in [-0.4, -0.2) is 37.8 Å². The Kier molecular flexibility index (Phi) is 4.66. The number of carbonyl (C=O) groups excluding carboxylic acids is 1. The van der Waals surface area contributed by atoms with Crippen molar-refractivity contribution in [1.82, 2.24) is 4.90 Å². The maximum Gasteiger partial charge on any atom is 0.409 e. The first kappa shape index (κ1) is 13.7. The summed E-state index contributed by atoms with van der Waals surface area (Å²) in [6, 6.07) is 8.04. The molecule has 0 radical (unpaired) electrons. The van der Waals surface area contributed by atoms with Crippen molar-refractivity contribution in [2.24, 2.45) is 5.92 Å². The van der Waals surface area contributed by atoms with E-state index >= 15 is 0 Å². The Morgan fingerprint density at radius 3 is 2.79 bits per heavy atom. The van der Waals surface area contributed by atoms with Crippen molar-refractivity contribution in [2.75, 3.05) is 26.8 Å². The fourth-order valence-electron chi connectivity index (χ4n) is 2.34. The molecule has 0 saturated carbocycles. The number of aryl methyl sites for hydroxylation is 1. The largest absolute Gasteiger partial charge is 0.493 e. The quantitative estimate of drug-likeness (QED) is 0.841. The summed E-state index contributed by atoms with van der Waals surface area (Å²) < 4.78 is 10.5. The van der Waals surface area contributed by atoms with E-state index in [1.165, 1.54) is 12.7 Å². The molecule has 2 rings (SSSR count). The molecule has 1 heterocycles. The standard InChI is InChI=1S/C15H21NO3/c1-12-5-7-14(8-6-12)19-11-13-4-3-9-16(10-13)15(17)18-2/h5-8,13H,3-4,9-11H2,1-2H3. The molecule has 1 amide bonds. The molecule has 1 aromatic rings. The number of nitrogens with zero attached hydrogens (tertiary/aromatic N) is 1. The van der Waals surface area contributed by atoms with Crippen LogP contribution in [0.4, 0.5) is 4.79 Å². The van der Waals surface area contributed by atoms with Crippen molar-refractivity contribution >= 4 is 6.09 Å². The normalized spacial score (nSPS) is 19.1. The van der Waals surface area contributed by atoms with Gasteiger partial charge in [-0.3, -0.25) is 0 Å². The van der Waals surface area contributed by atoms with Crippen molar-refractivity contribution in [3.63, 3.8) is 0 Å². The summed E-state index contributed by atoms with van der Waals surface area (Å²) in [7, 11) is 1.43. The van der Waals surface area contributed by atoms with E-state index in [0.29, 0.717) is 12.5 Å². The number of amides is 1. The van der Waals surface area contributed by atoms with Gasteiger partial charge in [0, 0.05) is 19.0 Å². The summed E-state index contributed by atoms with van der Waals surface area (Å²) in [5.41, 5.74) is 1.22. The van der Waals surface area contributed by atoms with Gasteiger partial charge in [0.1, 0.15) is 5.75 Å². The highest BCUT2D eigenvalue weighted by atomic mass is 16.5. The van der Waals surface area contributed by atoms with Gasteiger partial charge in [-0.05, 0) is 31.9 Å². The third kappa shape index (κ3) is 3.88. The molecule has 4 nitrogen and oxygen atoms in total. The van der Waals surface area contributed by atoms with Gasteiger partial charge in [-0.2, -0.15) is 0 Å². The predicted octanol–water partition coefficient (Wildman–Crippen LogP) is 2.85. The number of ether oxygens (including phenoxy) is 2. The first-order chi connectivity index (χ1) is 9.19. The Bertz CT molecular complexity index is 416. The van der Waals surface area contributed by atoms with E-state index in [9.17, 15) is 4.79 Å². The van der Waals surface area contributed by atoms with Crippen LogP contribution < -0.4 is 4.74 Å². The second-order valence-electron chi connectivity index (χ2n) is 5.05. The average molecular weight is 263 g/mol. The van der Waals surface area contributed by atoms with Gasteiger partial charge < -0.3 is 14.4 Å². The molecule has 0 N–H and O–H groups in total. The van der Waals surface area contributed by atoms with Gasteiger partial charge in [0.05, 0.1) is 13.7 Å². The zero-order valence-corrected chi connectivity index (χ0v) is 11.6. The molecule has 1 saturated heterocycles. The fraction of sp³-hybridized carbons (Fsp3) is 0.533. The zero-order valence-electron chi connectivity index (χ0n) is 11.6. The van der Waals surface area contributed by atoms with E-state index in [1.807, 2.05) is 24.3 Å². The van der Waals surface area contributed by atoms with Crippen LogP contribution in [-0.2, 0) is 4.74 Å². The summed E-state index contributed by atoms with van der Waals surface area (Å²) in [6.07, 6.45) is 1.87. The van der Waals surface area contributed by atoms with E-state index in [1.54, 1.807) is 4.90 Å². The van der Waals surface area contributed by atoms with E-state index < -0.39 is 0 Å². The Morgan fingerprint density at radius 2 is 2.11 bits per heavy atom. The molecular weight excluding hydrogens is 242 g/mol. The lowest BCUT2D eigenvalue weighted by atomic mass is 9.99. The third-order valence-corrected chi connectivity index (χ3v) is 3.46. The van der Waals surface area contributed by atoms with Gasteiger partial charge in [0.25, 0.3) is 0 Å². The van der Waals surface area contributed by atoms with Gasteiger partial charge in [-0.1, -0.05) is 17.7 Å². The Labute approximate surface area is 114 Å². The summed E-state index contributed by atoms with van der Waals surface area (Å²) in [6.45, 7) is 4.21. The van der Waals surface area contributed by atoms with Crippen LogP contribution >= 0.6 is 0 Å². The molecule has 104 valence electrons. The molecule has 1 aromatic carbocycles. The molecule has 1 fully saturated rings. The first-order valence-corrected chi connectivity index (χ1v) is 6.71. The Hall–Kier alpha value is -1.71. The molecule has 0 aromatic heterocycles. The lowest BCUT2D eigenvalue weighted by molar-refractivity contribution is 0.0903. The van der Waals surface area contributed by atoms with E-state index in [4.69, 9.17) is 9.47 Å². The average Bonchev–Trinajstić information content (AvgIpc) is 2.46. The van der Waals surface area contributed by atoms with Gasteiger partial charge in [-0.25, -0.2) is 4.79 Å².